The second kappa shape index (κ2) is 6.42. The first-order chi connectivity index (χ1) is 11.8. The van der Waals surface area contributed by atoms with Crippen molar-refractivity contribution in [2.24, 2.45) is 5.92 Å². The van der Waals surface area contributed by atoms with Crippen LogP contribution in [0.1, 0.15) is 32.6 Å². The van der Waals surface area contributed by atoms with Crippen LogP contribution >= 0.6 is 0 Å². The highest BCUT2D eigenvalue weighted by atomic mass is 19.1. The summed E-state index contributed by atoms with van der Waals surface area (Å²) >= 11 is 0. The van der Waals surface area contributed by atoms with E-state index in [1.54, 1.807) is 0 Å². The van der Waals surface area contributed by atoms with Gasteiger partial charge in [-0.2, -0.15) is 0 Å². The maximum atomic E-state index is 13.6. The van der Waals surface area contributed by atoms with Gasteiger partial charge in [0.05, 0.1) is 5.69 Å². The predicted octanol–water partition coefficient (Wildman–Crippen LogP) is 2.40. The second-order valence-electron chi connectivity index (χ2n) is 6.61. The number of hydrogen-bond acceptors (Lipinski definition) is 3. The van der Waals surface area contributed by atoms with Crippen molar-refractivity contribution in [1.82, 2.24) is 10.2 Å². The minimum absolute atomic E-state index is 0.0136. The fourth-order valence-electron chi connectivity index (χ4n) is 3.56. The highest BCUT2D eigenvalue weighted by Crippen LogP contribution is 2.38. The molecule has 8 heteroatoms. The summed E-state index contributed by atoms with van der Waals surface area (Å²) in [5.41, 5.74) is -1.16. The number of imide groups is 1. The van der Waals surface area contributed by atoms with Crippen molar-refractivity contribution in [3.05, 3.63) is 29.8 Å². The molecule has 3 rings (SSSR count). The van der Waals surface area contributed by atoms with E-state index in [1.807, 2.05) is 6.92 Å². The van der Waals surface area contributed by atoms with E-state index in [1.165, 1.54) is 0 Å². The van der Waals surface area contributed by atoms with Gasteiger partial charge in [0, 0.05) is 6.07 Å². The number of halogens is 2. The van der Waals surface area contributed by atoms with Gasteiger partial charge in [0.1, 0.15) is 23.7 Å². The zero-order valence-electron chi connectivity index (χ0n) is 13.8. The highest BCUT2D eigenvalue weighted by molar-refractivity contribution is 6.10. The monoisotopic (exact) mass is 351 g/mol. The van der Waals surface area contributed by atoms with Crippen molar-refractivity contribution in [1.29, 1.82) is 0 Å². The van der Waals surface area contributed by atoms with Crippen molar-refractivity contribution in [2.45, 2.75) is 38.1 Å². The maximum Gasteiger partial charge on any atom is 0.325 e. The third kappa shape index (κ3) is 3.08. The number of carbonyl (C=O) groups excluding carboxylic acids is 3. The van der Waals surface area contributed by atoms with E-state index in [9.17, 15) is 23.2 Å². The number of anilines is 1. The van der Waals surface area contributed by atoms with Gasteiger partial charge in [0.2, 0.25) is 5.91 Å². The van der Waals surface area contributed by atoms with Crippen molar-refractivity contribution in [2.75, 3.05) is 11.9 Å². The third-order valence-electron chi connectivity index (χ3n) is 5.01. The average Bonchev–Trinajstić information content (AvgIpc) is 2.78. The topological polar surface area (TPSA) is 78.5 Å². The first kappa shape index (κ1) is 17.3. The number of benzene rings is 1. The molecule has 0 bridgehead atoms. The number of urea groups is 1. The maximum absolute atomic E-state index is 13.6. The lowest BCUT2D eigenvalue weighted by molar-refractivity contribution is -0.136. The summed E-state index contributed by atoms with van der Waals surface area (Å²) < 4.78 is 26.5. The Bertz CT molecular complexity index is 740. The lowest BCUT2D eigenvalue weighted by Crippen LogP contribution is -2.54. The highest BCUT2D eigenvalue weighted by Gasteiger charge is 2.55. The van der Waals surface area contributed by atoms with Crippen LogP contribution in [0.25, 0.3) is 0 Å². The number of nitrogens with zero attached hydrogens (tertiary/aromatic N) is 1. The number of amides is 4. The van der Waals surface area contributed by atoms with Gasteiger partial charge in [0.25, 0.3) is 5.91 Å². The fraction of sp³-hybridized carbons (Fsp3) is 0.471. The molecule has 1 aromatic rings. The zero-order valence-corrected chi connectivity index (χ0v) is 13.8. The van der Waals surface area contributed by atoms with E-state index in [0.717, 1.165) is 36.3 Å². The van der Waals surface area contributed by atoms with Gasteiger partial charge in [-0.25, -0.2) is 13.6 Å². The molecule has 0 aromatic heterocycles. The predicted molar refractivity (Wildman–Crippen MR) is 85.6 cm³/mol. The molecule has 1 saturated carbocycles. The van der Waals surface area contributed by atoms with E-state index in [0.29, 0.717) is 12.5 Å². The van der Waals surface area contributed by atoms with Gasteiger partial charge < -0.3 is 10.6 Å². The van der Waals surface area contributed by atoms with Crippen LogP contribution in [0.4, 0.5) is 19.3 Å². The molecule has 1 heterocycles. The summed E-state index contributed by atoms with van der Waals surface area (Å²) in [6, 6.07) is 2.11. The van der Waals surface area contributed by atoms with Crippen LogP contribution in [0, 0.1) is 17.6 Å². The summed E-state index contributed by atoms with van der Waals surface area (Å²) in [5.74, 6) is -2.85. The molecule has 25 heavy (non-hydrogen) atoms. The first-order valence-electron chi connectivity index (χ1n) is 8.22. The van der Waals surface area contributed by atoms with Gasteiger partial charge in [-0.05, 0) is 30.9 Å². The van der Waals surface area contributed by atoms with Crippen molar-refractivity contribution < 1.29 is 23.2 Å². The largest absolute Gasteiger partial charge is 0.325 e. The summed E-state index contributed by atoms with van der Waals surface area (Å²) in [6.45, 7) is 1.39. The molecule has 1 spiro atoms. The van der Waals surface area contributed by atoms with E-state index in [-0.39, 0.29) is 11.6 Å². The number of carbonyl (C=O) groups is 3. The van der Waals surface area contributed by atoms with Gasteiger partial charge in [-0.3, -0.25) is 14.5 Å². The Morgan fingerprint density at radius 3 is 2.80 bits per heavy atom. The quantitative estimate of drug-likeness (QED) is 0.821. The molecule has 6 nitrogen and oxygen atoms in total. The molecule has 0 unspecified atom stereocenters. The molecular weight excluding hydrogens is 332 g/mol. The summed E-state index contributed by atoms with van der Waals surface area (Å²) in [4.78, 5) is 37.9. The molecule has 1 aliphatic heterocycles. The zero-order chi connectivity index (χ0) is 18.2. The van der Waals surface area contributed by atoms with Crippen LogP contribution in [-0.2, 0) is 9.59 Å². The Labute approximate surface area is 143 Å². The minimum atomic E-state index is -0.948. The van der Waals surface area contributed by atoms with Crippen LogP contribution in [-0.4, -0.2) is 34.8 Å². The first-order valence-corrected chi connectivity index (χ1v) is 8.22. The van der Waals surface area contributed by atoms with Crippen LogP contribution in [0.15, 0.2) is 18.2 Å². The molecule has 134 valence electrons. The standard InChI is InChI=1S/C17H19F2N3O3/c1-10-4-2-3-7-17(10)15(24)22(16(25)21-17)9-14(23)20-13-6-5-11(18)8-12(13)19/h5-6,8,10H,2-4,7,9H2,1H3,(H,20,23)(H,21,25)/t10-,17+/m0/s1. The lowest BCUT2D eigenvalue weighted by Gasteiger charge is -2.36. The van der Waals surface area contributed by atoms with Crippen LogP contribution < -0.4 is 10.6 Å². The summed E-state index contributed by atoms with van der Waals surface area (Å²) in [5, 5.41) is 4.99. The lowest BCUT2D eigenvalue weighted by atomic mass is 9.73. The summed E-state index contributed by atoms with van der Waals surface area (Å²) in [6.07, 6.45) is 3.20. The van der Waals surface area contributed by atoms with Gasteiger partial charge in [-0.15, -0.1) is 0 Å². The molecule has 2 aliphatic rings. The Balaban J connectivity index is 1.71. The van der Waals surface area contributed by atoms with Crippen LogP contribution in [0.3, 0.4) is 0 Å². The van der Waals surface area contributed by atoms with Crippen molar-refractivity contribution in [3.63, 3.8) is 0 Å². The van der Waals surface area contributed by atoms with Crippen LogP contribution in [0.2, 0.25) is 0 Å². The van der Waals surface area contributed by atoms with Crippen LogP contribution in [0.5, 0.6) is 0 Å². The van der Waals surface area contributed by atoms with Gasteiger partial charge >= 0.3 is 6.03 Å². The van der Waals surface area contributed by atoms with Gasteiger partial charge in [-0.1, -0.05) is 19.8 Å². The van der Waals surface area contributed by atoms with Gasteiger partial charge in [0.15, 0.2) is 0 Å². The Kier molecular flexibility index (Phi) is 4.45. The molecular formula is C17H19F2N3O3. The SMILES string of the molecule is C[C@H]1CCCC[C@@]12NC(=O)N(CC(=O)Nc1ccc(F)cc1F)C2=O. The molecule has 2 atom stereocenters. The molecule has 4 amide bonds. The smallest absolute Gasteiger partial charge is 0.323 e. The van der Waals surface area contributed by atoms with E-state index in [4.69, 9.17) is 0 Å². The number of nitrogens with one attached hydrogen (secondary N) is 2. The number of rotatable bonds is 3. The Morgan fingerprint density at radius 2 is 2.12 bits per heavy atom. The molecule has 2 N–H and O–H groups in total. The summed E-state index contributed by atoms with van der Waals surface area (Å²) in [7, 11) is 0. The second-order valence-corrected chi connectivity index (χ2v) is 6.61. The number of hydrogen-bond donors (Lipinski definition) is 2. The van der Waals surface area contributed by atoms with E-state index < -0.39 is 41.6 Å². The molecule has 0 radical (unpaired) electrons. The molecule has 1 saturated heterocycles. The molecule has 1 aliphatic carbocycles. The Morgan fingerprint density at radius 1 is 1.36 bits per heavy atom. The normalized spacial score (nSPS) is 26.0. The minimum Gasteiger partial charge on any atom is -0.323 e. The average molecular weight is 351 g/mol. The van der Waals surface area contributed by atoms with E-state index >= 15 is 0 Å². The molecule has 1 aromatic carbocycles. The Hall–Kier alpha value is -2.51. The fourth-order valence-corrected chi connectivity index (χ4v) is 3.56. The third-order valence-corrected chi connectivity index (χ3v) is 5.01. The van der Waals surface area contributed by atoms with E-state index in [2.05, 4.69) is 10.6 Å². The van der Waals surface area contributed by atoms with Crippen molar-refractivity contribution in [3.8, 4) is 0 Å². The molecule has 2 fully saturated rings. The van der Waals surface area contributed by atoms with Crippen molar-refractivity contribution >= 4 is 23.5 Å².